The number of rotatable bonds is 9. The first kappa shape index (κ1) is 28.1. The molecule has 1 aromatic carbocycles. The summed E-state index contributed by atoms with van der Waals surface area (Å²) in [5.74, 6) is -0.393. The van der Waals surface area contributed by atoms with Gasteiger partial charge in [-0.1, -0.05) is 24.4 Å². The number of thiocarbonyl (C=S) groups is 1. The number of anilines is 2. The van der Waals surface area contributed by atoms with Gasteiger partial charge in [-0.2, -0.15) is 18.4 Å². The highest BCUT2D eigenvalue weighted by Gasteiger charge is 2.50. The first-order valence-corrected chi connectivity index (χ1v) is 12.7. The van der Waals surface area contributed by atoms with Crippen LogP contribution in [0.2, 0.25) is 0 Å². The third-order valence-corrected chi connectivity index (χ3v) is 7.20. The van der Waals surface area contributed by atoms with Gasteiger partial charge in [0.1, 0.15) is 11.6 Å². The fourth-order valence-electron chi connectivity index (χ4n) is 4.78. The van der Waals surface area contributed by atoms with E-state index >= 15 is 0 Å². The smallest absolute Gasteiger partial charge is 0.323 e. The second-order valence-electron chi connectivity index (χ2n) is 9.62. The number of benzene rings is 1. The molecule has 0 atom stereocenters. The summed E-state index contributed by atoms with van der Waals surface area (Å²) in [6.07, 6.45) is 1.62. The summed E-state index contributed by atoms with van der Waals surface area (Å²) < 4.78 is 40.5. The molecule has 0 spiro atoms. The highest BCUT2D eigenvalue weighted by Crippen LogP contribution is 2.42. The maximum absolute atomic E-state index is 13.8. The van der Waals surface area contributed by atoms with Crippen LogP contribution in [-0.2, 0) is 24.1 Å². The standard InChI is InChI=1S/C28H27F3N6OS/c1-35(18-21-8-12-33-13-9-21)17-20-4-6-22(7-5-20)37(19-39)27(10-3-11-27)26(38)36(2)23-14-24(28(29,30)31)25(15-32)34-16-23/h4-9,12-14,16,19H,3,10-11,17-18H2,1-2H3. The molecule has 11 heteroatoms. The van der Waals surface area contributed by atoms with Gasteiger partial charge in [0, 0.05) is 38.2 Å². The highest BCUT2D eigenvalue weighted by molar-refractivity contribution is 7.79. The molecule has 1 fully saturated rings. The van der Waals surface area contributed by atoms with Gasteiger partial charge in [0.15, 0.2) is 5.69 Å². The molecule has 0 bridgehead atoms. The molecule has 0 unspecified atom stereocenters. The molecule has 7 nitrogen and oxygen atoms in total. The Bertz CT molecular complexity index is 1370. The van der Waals surface area contributed by atoms with Gasteiger partial charge < -0.3 is 9.80 Å². The van der Waals surface area contributed by atoms with Gasteiger partial charge >= 0.3 is 6.18 Å². The highest BCUT2D eigenvalue weighted by atomic mass is 32.1. The van der Waals surface area contributed by atoms with Gasteiger partial charge in [-0.15, -0.1) is 0 Å². The van der Waals surface area contributed by atoms with Crippen molar-refractivity contribution in [1.29, 1.82) is 5.26 Å². The minimum absolute atomic E-state index is 0.0468. The van der Waals surface area contributed by atoms with Gasteiger partial charge in [-0.25, -0.2) is 4.98 Å². The van der Waals surface area contributed by atoms with E-state index in [0.717, 1.165) is 46.9 Å². The van der Waals surface area contributed by atoms with Crippen molar-refractivity contribution in [2.24, 2.45) is 0 Å². The van der Waals surface area contributed by atoms with E-state index in [1.165, 1.54) is 18.6 Å². The molecule has 3 aromatic rings. The number of amides is 1. The zero-order valence-electron chi connectivity index (χ0n) is 21.5. The van der Waals surface area contributed by atoms with Crippen molar-refractivity contribution >= 4 is 35.0 Å². The lowest BCUT2D eigenvalue weighted by Crippen LogP contribution is -2.63. The van der Waals surface area contributed by atoms with E-state index in [0.29, 0.717) is 19.4 Å². The number of pyridine rings is 2. The minimum Gasteiger partial charge on any atom is -0.323 e. The van der Waals surface area contributed by atoms with Crippen molar-refractivity contribution in [2.45, 2.75) is 44.1 Å². The number of likely N-dealkylation sites (N-methyl/N-ethyl adjacent to an activating group) is 1. The molecule has 1 amide bonds. The van der Waals surface area contributed by atoms with E-state index in [2.05, 4.69) is 14.9 Å². The molecule has 202 valence electrons. The Morgan fingerprint density at radius 3 is 2.21 bits per heavy atom. The van der Waals surface area contributed by atoms with Crippen LogP contribution in [0.15, 0.2) is 61.1 Å². The summed E-state index contributed by atoms with van der Waals surface area (Å²) in [6.45, 7) is 1.47. The second kappa shape index (κ2) is 11.5. The topological polar surface area (TPSA) is 76.4 Å². The summed E-state index contributed by atoms with van der Waals surface area (Å²) >= 11 is 5.32. The molecular weight excluding hydrogens is 525 g/mol. The summed E-state index contributed by atoms with van der Waals surface area (Å²) in [4.78, 5) is 26.5. The molecule has 0 aliphatic heterocycles. The van der Waals surface area contributed by atoms with Crippen molar-refractivity contribution in [1.82, 2.24) is 14.9 Å². The minimum atomic E-state index is -4.78. The number of nitriles is 1. The number of carbonyl (C=O) groups excluding carboxylic acids is 1. The Labute approximate surface area is 230 Å². The van der Waals surface area contributed by atoms with Crippen molar-refractivity contribution in [2.75, 3.05) is 23.9 Å². The summed E-state index contributed by atoms with van der Waals surface area (Å²) in [5, 5.41) is 9.04. The Hall–Kier alpha value is -3.88. The lowest BCUT2D eigenvalue weighted by molar-refractivity contribution is -0.138. The summed E-state index contributed by atoms with van der Waals surface area (Å²) in [6, 6.07) is 13.9. The zero-order chi connectivity index (χ0) is 28.2. The Kier molecular flexibility index (Phi) is 8.28. The number of hydrogen-bond donors (Lipinski definition) is 0. The van der Waals surface area contributed by atoms with Crippen LogP contribution in [0.1, 0.15) is 41.6 Å². The molecule has 4 rings (SSSR count). The molecule has 0 radical (unpaired) electrons. The maximum Gasteiger partial charge on any atom is 0.419 e. The first-order chi connectivity index (χ1) is 18.6. The van der Waals surface area contributed by atoms with Crippen molar-refractivity contribution in [3.8, 4) is 6.07 Å². The Balaban J connectivity index is 1.53. The molecule has 1 aliphatic rings. The third kappa shape index (κ3) is 5.92. The normalized spacial score (nSPS) is 14.3. The van der Waals surface area contributed by atoms with Gasteiger partial charge in [0.2, 0.25) is 0 Å². The molecule has 1 aliphatic carbocycles. The van der Waals surface area contributed by atoms with Crippen LogP contribution >= 0.6 is 12.2 Å². The van der Waals surface area contributed by atoms with E-state index in [1.54, 1.807) is 17.3 Å². The van der Waals surface area contributed by atoms with Crippen LogP contribution < -0.4 is 9.80 Å². The van der Waals surface area contributed by atoms with E-state index in [9.17, 15) is 18.0 Å². The Morgan fingerprint density at radius 2 is 1.69 bits per heavy atom. The predicted molar refractivity (Wildman–Crippen MR) is 146 cm³/mol. The number of carbonyl (C=O) groups is 1. The fourth-order valence-corrected chi connectivity index (χ4v) is 5.10. The lowest BCUT2D eigenvalue weighted by atomic mass is 9.74. The van der Waals surface area contributed by atoms with Gasteiger partial charge in [-0.3, -0.25) is 14.7 Å². The monoisotopic (exact) mass is 552 g/mol. The number of halogens is 3. The van der Waals surface area contributed by atoms with Crippen molar-refractivity contribution in [3.05, 3.63) is 83.4 Å². The number of aromatic nitrogens is 2. The molecule has 0 saturated heterocycles. The number of alkyl halides is 3. The van der Waals surface area contributed by atoms with Crippen molar-refractivity contribution < 1.29 is 18.0 Å². The Morgan fingerprint density at radius 1 is 1.08 bits per heavy atom. The van der Waals surface area contributed by atoms with Crippen LogP contribution in [0.3, 0.4) is 0 Å². The van der Waals surface area contributed by atoms with E-state index in [-0.39, 0.29) is 5.69 Å². The largest absolute Gasteiger partial charge is 0.419 e. The number of hydrogen-bond acceptors (Lipinski definition) is 6. The summed E-state index contributed by atoms with van der Waals surface area (Å²) in [5.41, 5.74) is 1.39. The van der Waals surface area contributed by atoms with Crippen molar-refractivity contribution in [3.63, 3.8) is 0 Å². The second-order valence-corrected chi connectivity index (χ2v) is 9.83. The van der Waals surface area contributed by atoms with Crippen LogP contribution in [0, 0.1) is 11.3 Å². The first-order valence-electron chi connectivity index (χ1n) is 12.3. The molecular formula is C28H27F3N6OS. The zero-order valence-corrected chi connectivity index (χ0v) is 22.3. The molecule has 1 saturated carbocycles. The predicted octanol–water partition coefficient (Wildman–Crippen LogP) is 5.35. The molecule has 2 heterocycles. The van der Waals surface area contributed by atoms with Gasteiger partial charge in [0.25, 0.3) is 5.91 Å². The van der Waals surface area contributed by atoms with Crippen LogP contribution in [0.5, 0.6) is 0 Å². The van der Waals surface area contributed by atoms with Crippen LogP contribution in [0.25, 0.3) is 0 Å². The van der Waals surface area contributed by atoms with E-state index < -0.39 is 28.9 Å². The average Bonchev–Trinajstić information content (AvgIpc) is 2.90. The quantitative estimate of drug-likeness (QED) is 0.331. The lowest BCUT2D eigenvalue weighted by Gasteiger charge is -2.49. The number of nitrogens with zero attached hydrogens (tertiary/aromatic N) is 6. The molecule has 0 N–H and O–H groups in total. The third-order valence-electron chi connectivity index (χ3n) is 6.99. The maximum atomic E-state index is 13.8. The molecule has 39 heavy (non-hydrogen) atoms. The van der Waals surface area contributed by atoms with E-state index in [1.807, 2.05) is 43.4 Å². The van der Waals surface area contributed by atoms with Crippen LogP contribution in [0.4, 0.5) is 24.5 Å². The average molecular weight is 553 g/mol. The fraction of sp³-hybridized carbons (Fsp3) is 0.321. The van der Waals surface area contributed by atoms with E-state index in [4.69, 9.17) is 17.5 Å². The van der Waals surface area contributed by atoms with Gasteiger partial charge in [0.05, 0.1) is 22.9 Å². The van der Waals surface area contributed by atoms with Gasteiger partial charge in [-0.05, 0) is 67.8 Å². The molecule has 2 aromatic heterocycles. The SMILES string of the molecule is CN(Cc1ccncc1)Cc1ccc(N(C=S)C2(C(=O)N(C)c3cnc(C#N)c(C(F)(F)F)c3)CCC2)cc1. The van der Waals surface area contributed by atoms with Crippen LogP contribution in [-0.4, -0.2) is 45.9 Å². The summed E-state index contributed by atoms with van der Waals surface area (Å²) in [7, 11) is 3.44.